The lowest BCUT2D eigenvalue weighted by Crippen LogP contribution is -2.41. The molecule has 4 atom stereocenters. The molecular formula is C46H45F2N3O6. The van der Waals surface area contributed by atoms with E-state index in [9.17, 15) is 23.2 Å². The van der Waals surface area contributed by atoms with Gasteiger partial charge in [0.2, 0.25) is 0 Å². The minimum Gasteiger partial charge on any atom is -0.460 e. The highest BCUT2D eigenvalue weighted by Gasteiger charge is 2.43. The normalized spacial score (nSPS) is 20.3. The smallest absolute Gasteiger partial charge is 0.410 e. The number of amides is 2. The maximum Gasteiger partial charge on any atom is 0.410 e. The fraction of sp³-hybridized carbons (Fsp3) is 0.326. The van der Waals surface area contributed by atoms with Gasteiger partial charge in [0.05, 0.1) is 6.04 Å². The van der Waals surface area contributed by atoms with E-state index in [1.54, 1.807) is 21.9 Å². The van der Waals surface area contributed by atoms with E-state index in [0.29, 0.717) is 37.9 Å². The molecule has 8 rings (SSSR count). The van der Waals surface area contributed by atoms with Crippen LogP contribution in [0.2, 0.25) is 0 Å². The van der Waals surface area contributed by atoms with Gasteiger partial charge in [0.25, 0.3) is 0 Å². The maximum atomic E-state index is 14.9. The first-order valence-corrected chi connectivity index (χ1v) is 19.6. The van der Waals surface area contributed by atoms with Crippen LogP contribution in [0, 0.1) is 17.6 Å². The number of hydrogen-bond acceptors (Lipinski definition) is 6. The highest BCUT2D eigenvalue weighted by atomic mass is 19.1. The van der Waals surface area contributed by atoms with Crippen LogP contribution in [0.1, 0.15) is 66.6 Å². The second-order valence-corrected chi connectivity index (χ2v) is 15.3. The van der Waals surface area contributed by atoms with Crippen LogP contribution in [0.4, 0.5) is 18.4 Å². The number of halogens is 2. The number of nitrogens with one attached hydrogen (secondary N) is 1. The molecule has 0 bridgehead atoms. The number of H-pyrrole nitrogens is 1. The van der Waals surface area contributed by atoms with Gasteiger partial charge in [0.1, 0.15) is 31.0 Å². The molecule has 57 heavy (non-hydrogen) atoms. The Morgan fingerprint density at radius 3 is 2.04 bits per heavy atom. The number of fused-ring (bicyclic) bond motifs is 2. The summed E-state index contributed by atoms with van der Waals surface area (Å²) in [5, 5.41) is 0.821. The summed E-state index contributed by atoms with van der Waals surface area (Å²) in [5.74, 6) is -1.07. The van der Waals surface area contributed by atoms with E-state index in [-0.39, 0.29) is 43.5 Å². The van der Waals surface area contributed by atoms with Gasteiger partial charge >= 0.3 is 18.2 Å². The second-order valence-electron chi connectivity index (χ2n) is 15.3. The lowest BCUT2D eigenvalue weighted by atomic mass is 9.90. The van der Waals surface area contributed by atoms with Crippen molar-refractivity contribution in [3.8, 4) is 0 Å². The Hall–Kier alpha value is -5.97. The summed E-state index contributed by atoms with van der Waals surface area (Å²) in [5.41, 5.74) is 7.35. The maximum absolute atomic E-state index is 14.9. The Labute approximate surface area is 330 Å². The number of ether oxygens (including phenoxy) is 3. The number of aromatic nitrogens is 1. The topological polar surface area (TPSA) is 101 Å². The Kier molecular flexibility index (Phi) is 10.8. The zero-order chi connectivity index (χ0) is 39.6. The molecule has 1 aromatic heterocycles. The Morgan fingerprint density at radius 1 is 0.754 bits per heavy atom. The molecule has 4 aromatic carbocycles. The summed E-state index contributed by atoms with van der Waals surface area (Å²) in [6, 6.07) is 27.5. The molecule has 1 N–H and O–H groups in total. The van der Waals surface area contributed by atoms with Crippen molar-refractivity contribution in [3.05, 3.63) is 142 Å². The first kappa shape index (κ1) is 37.9. The van der Waals surface area contributed by atoms with E-state index in [2.05, 4.69) is 11.9 Å². The number of hydrogen-bond donors (Lipinski definition) is 1. The van der Waals surface area contributed by atoms with Crippen molar-refractivity contribution < 1.29 is 37.4 Å². The van der Waals surface area contributed by atoms with E-state index >= 15 is 0 Å². The number of nitrogens with zero attached hydrogens (tertiary/aromatic N) is 2. The predicted octanol–water partition coefficient (Wildman–Crippen LogP) is 9.24. The molecule has 0 spiro atoms. The van der Waals surface area contributed by atoms with Crippen LogP contribution in [-0.4, -0.2) is 64.2 Å². The van der Waals surface area contributed by atoms with Crippen molar-refractivity contribution in [2.75, 3.05) is 13.1 Å². The molecule has 0 radical (unpaired) electrons. The number of aromatic amines is 1. The largest absolute Gasteiger partial charge is 0.460 e. The summed E-state index contributed by atoms with van der Waals surface area (Å²) in [6.45, 7) is 4.59. The standard InChI is InChI=1S/C46H45F2N3O6/c1-28-17-19-50(45(53)55-26-30-9-5-3-6-10-30)41(28)25-39-36-16-14-34(48)23-40(36)49-44(39)38-22-32-21-33(47)13-15-35(32)37(38)24-42-43(57-29(2)52)18-20-51(42)46(54)56-27-31-11-7-4-8-12-31/h3-16,21,23,28,41-43,49H,17-20,22,24-27H2,1-2H3/t28-,41+,42+,43-/m0/s1. The van der Waals surface area contributed by atoms with Gasteiger partial charge in [-0.3, -0.25) is 4.79 Å². The lowest BCUT2D eigenvalue weighted by molar-refractivity contribution is -0.147. The molecule has 2 saturated heterocycles. The van der Waals surface area contributed by atoms with Crippen LogP contribution >= 0.6 is 0 Å². The van der Waals surface area contributed by atoms with Gasteiger partial charge in [0, 0.05) is 55.5 Å². The predicted molar refractivity (Wildman–Crippen MR) is 212 cm³/mol. The Morgan fingerprint density at radius 2 is 1.37 bits per heavy atom. The summed E-state index contributed by atoms with van der Waals surface area (Å²) >= 11 is 0. The van der Waals surface area contributed by atoms with Gasteiger partial charge in [0.15, 0.2) is 0 Å². The van der Waals surface area contributed by atoms with Crippen molar-refractivity contribution in [1.82, 2.24) is 14.8 Å². The zero-order valence-electron chi connectivity index (χ0n) is 32.0. The molecule has 11 heteroatoms. The molecule has 2 fully saturated rings. The van der Waals surface area contributed by atoms with Crippen molar-refractivity contribution in [3.63, 3.8) is 0 Å². The minimum atomic E-state index is -0.601. The average Bonchev–Trinajstić information content (AvgIpc) is 3.97. The number of rotatable bonds is 10. The van der Waals surface area contributed by atoms with Crippen molar-refractivity contribution >= 4 is 40.2 Å². The summed E-state index contributed by atoms with van der Waals surface area (Å²) in [6.07, 6.45) is 0.833. The van der Waals surface area contributed by atoms with E-state index < -0.39 is 30.0 Å². The number of esters is 1. The molecule has 3 aliphatic rings. The van der Waals surface area contributed by atoms with Crippen LogP contribution in [0.3, 0.4) is 0 Å². The minimum absolute atomic E-state index is 0.0859. The van der Waals surface area contributed by atoms with Crippen molar-refractivity contribution in [2.24, 2.45) is 5.92 Å². The molecular weight excluding hydrogens is 729 g/mol. The van der Waals surface area contributed by atoms with Crippen LogP contribution in [0.15, 0.2) is 97.1 Å². The third-order valence-corrected chi connectivity index (χ3v) is 11.7. The fourth-order valence-corrected chi connectivity index (χ4v) is 8.85. The highest BCUT2D eigenvalue weighted by molar-refractivity contribution is 6.01. The van der Waals surface area contributed by atoms with Gasteiger partial charge < -0.3 is 29.0 Å². The molecule has 294 valence electrons. The van der Waals surface area contributed by atoms with E-state index in [4.69, 9.17) is 14.2 Å². The van der Waals surface area contributed by atoms with Gasteiger partial charge in [-0.15, -0.1) is 0 Å². The van der Waals surface area contributed by atoms with E-state index in [0.717, 1.165) is 56.5 Å². The van der Waals surface area contributed by atoms with Gasteiger partial charge in [-0.1, -0.05) is 73.7 Å². The highest BCUT2D eigenvalue weighted by Crippen LogP contribution is 2.46. The third kappa shape index (κ3) is 8.01. The number of likely N-dealkylation sites (tertiary alicyclic amines) is 2. The van der Waals surface area contributed by atoms with Crippen molar-refractivity contribution in [2.45, 2.75) is 77.4 Å². The lowest BCUT2D eigenvalue weighted by Gasteiger charge is -2.29. The molecule has 3 heterocycles. The average molecular weight is 774 g/mol. The SMILES string of the molecule is CC(=O)O[C@H]1CCN(C(=O)OCc2ccccc2)[C@@H]1CC1=C(c2[nH]c3cc(F)ccc3c2C[C@@H]2[C@@H](C)CCN2C(=O)OCc2ccccc2)Cc2cc(F)ccc21. The molecule has 0 saturated carbocycles. The Balaban J connectivity index is 1.16. The van der Waals surface area contributed by atoms with Crippen LogP contribution in [-0.2, 0) is 45.1 Å². The zero-order valence-corrected chi connectivity index (χ0v) is 32.0. The molecule has 0 unspecified atom stereocenters. The molecule has 2 aliphatic heterocycles. The first-order valence-electron chi connectivity index (χ1n) is 19.6. The molecule has 2 amide bonds. The monoisotopic (exact) mass is 773 g/mol. The fourth-order valence-electron chi connectivity index (χ4n) is 8.85. The number of allylic oxidation sites excluding steroid dienone is 1. The number of benzene rings is 4. The third-order valence-electron chi connectivity index (χ3n) is 11.7. The number of carbonyl (C=O) groups is 3. The molecule has 5 aromatic rings. The quantitative estimate of drug-likeness (QED) is 0.112. The van der Waals surface area contributed by atoms with Gasteiger partial charge in [-0.2, -0.15) is 0 Å². The summed E-state index contributed by atoms with van der Waals surface area (Å²) in [7, 11) is 0. The van der Waals surface area contributed by atoms with Gasteiger partial charge in [-0.05, 0) is 94.5 Å². The van der Waals surface area contributed by atoms with E-state index in [1.807, 2.05) is 60.7 Å². The molecule has 9 nitrogen and oxygen atoms in total. The van der Waals surface area contributed by atoms with Crippen molar-refractivity contribution in [1.29, 1.82) is 0 Å². The van der Waals surface area contributed by atoms with Crippen LogP contribution < -0.4 is 0 Å². The van der Waals surface area contributed by atoms with Crippen LogP contribution in [0.25, 0.3) is 22.0 Å². The summed E-state index contributed by atoms with van der Waals surface area (Å²) in [4.78, 5) is 46.7. The second kappa shape index (κ2) is 16.3. The first-order chi connectivity index (χ1) is 27.6. The Bertz CT molecular complexity index is 2330. The van der Waals surface area contributed by atoms with Gasteiger partial charge in [-0.25, -0.2) is 18.4 Å². The number of carbonyl (C=O) groups excluding carboxylic acids is 3. The van der Waals surface area contributed by atoms with E-state index in [1.165, 1.54) is 31.2 Å². The summed E-state index contributed by atoms with van der Waals surface area (Å²) < 4.78 is 47.1. The van der Waals surface area contributed by atoms with Crippen LogP contribution in [0.5, 0.6) is 0 Å². The molecule has 1 aliphatic carbocycles.